The van der Waals surface area contributed by atoms with E-state index in [0.29, 0.717) is 23.8 Å². The van der Waals surface area contributed by atoms with E-state index in [0.717, 1.165) is 22.7 Å². The zero-order chi connectivity index (χ0) is 19.5. The number of nitrogens with one attached hydrogen (secondary N) is 1. The van der Waals surface area contributed by atoms with Gasteiger partial charge in [0.2, 0.25) is 0 Å². The summed E-state index contributed by atoms with van der Waals surface area (Å²) in [7, 11) is 4.83. The van der Waals surface area contributed by atoms with Crippen molar-refractivity contribution in [2.24, 2.45) is 0 Å². The second kappa shape index (κ2) is 7.77. The second-order valence-corrected chi connectivity index (χ2v) is 6.99. The van der Waals surface area contributed by atoms with Gasteiger partial charge in [0.15, 0.2) is 17.1 Å². The summed E-state index contributed by atoms with van der Waals surface area (Å²) in [5, 5.41) is 5.57. The number of imidazole rings is 1. The Hall–Kier alpha value is -3.26. The van der Waals surface area contributed by atoms with E-state index in [1.807, 2.05) is 22.7 Å². The molecule has 4 rings (SSSR count). The molecule has 3 heterocycles. The van der Waals surface area contributed by atoms with Crippen LogP contribution in [0.15, 0.2) is 48.2 Å². The van der Waals surface area contributed by atoms with Gasteiger partial charge in [0.05, 0.1) is 34.1 Å². The summed E-state index contributed by atoms with van der Waals surface area (Å²) in [5.74, 6) is 2.71. The number of anilines is 1. The van der Waals surface area contributed by atoms with Crippen LogP contribution in [0, 0.1) is 0 Å². The van der Waals surface area contributed by atoms with Gasteiger partial charge in [-0.1, -0.05) is 6.07 Å². The van der Waals surface area contributed by atoms with Gasteiger partial charge in [-0.05, 0) is 17.5 Å². The third kappa shape index (κ3) is 3.22. The van der Waals surface area contributed by atoms with Crippen LogP contribution in [0.2, 0.25) is 0 Å². The molecule has 0 fully saturated rings. The minimum absolute atomic E-state index is 0.599. The van der Waals surface area contributed by atoms with E-state index in [4.69, 9.17) is 19.2 Å². The fraction of sp³-hybridized carbons (Fsp3) is 0.200. The molecule has 144 valence electrons. The summed E-state index contributed by atoms with van der Waals surface area (Å²) in [4.78, 5) is 10.2. The van der Waals surface area contributed by atoms with Crippen molar-refractivity contribution in [1.82, 2.24) is 14.4 Å². The Morgan fingerprint density at radius 1 is 1.07 bits per heavy atom. The zero-order valence-electron chi connectivity index (χ0n) is 15.8. The quantitative estimate of drug-likeness (QED) is 0.507. The molecule has 0 aliphatic heterocycles. The molecule has 0 aliphatic carbocycles. The Morgan fingerprint density at radius 3 is 2.57 bits per heavy atom. The predicted molar refractivity (Wildman–Crippen MR) is 110 cm³/mol. The zero-order valence-corrected chi connectivity index (χ0v) is 16.6. The van der Waals surface area contributed by atoms with Crippen molar-refractivity contribution in [3.8, 4) is 28.5 Å². The molecule has 0 radical (unpaired) electrons. The molecule has 28 heavy (non-hydrogen) atoms. The lowest BCUT2D eigenvalue weighted by molar-refractivity contribution is 0.349. The molecule has 0 saturated carbocycles. The predicted octanol–water partition coefficient (Wildman–Crippen LogP) is 4.10. The first-order valence-electron chi connectivity index (χ1n) is 8.64. The Balaban J connectivity index is 1.87. The molecule has 0 spiro atoms. The fourth-order valence-electron chi connectivity index (χ4n) is 3.06. The van der Waals surface area contributed by atoms with Crippen LogP contribution in [0.25, 0.3) is 16.9 Å². The second-order valence-electron chi connectivity index (χ2n) is 5.95. The Labute approximate surface area is 166 Å². The van der Waals surface area contributed by atoms with Gasteiger partial charge < -0.3 is 19.5 Å². The maximum Gasteiger partial charge on any atom is 0.164 e. The molecule has 1 N–H and O–H groups in total. The van der Waals surface area contributed by atoms with Crippen molar-refractivity contribution in [3.05, 3.63) is 53.1 Å². The van der Waals surface area contributed by atoms with Crippen LogP contribution in [-0.2, 0) is 6.54 Å². The van der Waals surface area contributed by atoms with Crippen LogP contribution in [0.4, 0.5) is 5.82 Å². The van der Waals surface area contributed by atoms with Crippen LogP contribution in [0.1, 0.15) is 4.88 Å². The minimum atomic E-state index is 0.599. The Kier molecular flexibility index (Phi) is 5.03. The molecule has 0 saturated heterocycles. The van der Waals surface area contributed by atoms with Crippen molar-refractivity contribution in [1.29, 1.82) is 0 Å². The van der Waals surface area contributed by atoms with Gasteiger partial charge in [0, 0.05) is 28.9 Å². The van der Waals surface area contributed by atoms with Crippen LogP contribution in [0.5, 0.6) is 17.2 Å². The normalized spacial score (nSPS) is 10.8. The molecule has 8 heteroatoms. The molecule has 0 aliphatic rings. The van der Waals surface area contributed by atoms with E-state index in [9.17, 15) is 0 Å². The lowest BCUT2D eigenvalue weighted by Crippen LogP contribution is -2.03. The monoisotopic (exact) mass is 396 g/mol. The number of rotatable bonds is 7. The fourth-order valence-corrected chi connectivity index (χ4v) is 3.71. The van der Waals surface area contributed by atoms with Gasteiger partial charge in [-0.3, -0.25) is 9.38 Å². The molecule has 7 nitrogen and oxygen atoms in total. The number of thiophene rings is 1. The summed E-state index contributed by atoms with van der Waals surface area (Å²) in [6.45, 7) is 0.691. The van der Waals surface area contributed by atoms with Gasteiger partial charge in [0.1, 0.15) is 17.3 Å². The van der Waals surface area contributed by atoms with Gasteiger partial charge in [0.25, 0.3) is 0 Å². The van der Waals surface area contributed by atoms with Gasteiger partial charge in [-0.15, -0.1) is 11.3 Å². The maximum absolute atomic E-state index is 5.62. The van der Waals surface area contributed by atoms with E-state index in [1.54, 1.807) is 51.1 Å². The standard InChI is InChI=1S/C20H20N4O3S/c1-25-15-10-17(27-3)16(26-2)9-14(15)19-20(22-11-13-5-4-8-28-13)24-7-6-21-12-18(24)23-19/h4-10,12,22H,11H2,1-3H3. The highest BCUT2D eigenvalue weighted by molar-refractivity contribution is 7.09. The highest BCUT2D eigenvalue weighted by Gasteiger charge is 2.21. The number of hydrogen-bond donors (Lipinski definition) is 1. The SMILES string of the molecule is COc1cc(OC)c(-c2nc3cnccn3c2NCc2cccs2)cc1OC. The van der Waals surface area contributed by atoms with Crippen molar-refractivity contribution >= 4 is 22.8 Å². The number of benzene rings is 1. The van der Waals surface area contributed by atoms with Gasteiger partial charge in [-0.2, -0.15) is 0 Å². The van der Waals surface area contributed by atoms with Gasteiger partial charge in [-0.25, -0.2) is 4.98 Å². The maximum atomic E-state index is 5.62. The molecule has 0 bridgehead atoms. The largest absolute Gasteiger partial charge is 0.496 e. The summed E-state index contributed by atoms with van der Waals surface area (Å²) >= 11 is 1.70. The number of hydrogen-bond acceptors (Lipinski definition) is 7. The third-order valence-electron chi connectivity index (χ3n) is 4.40. The molecule has 3 aromatic heterocycles. The highest BCUT2D eigenvalue weighted by Crippen LogP contribution is 2.42. The van der Waals surface area contributed by atoms with E-state index >= 15 is 0 Å². The first kappa shape index (κ1) is 18.1. The van der Waals surface area contributed by atoms with Crippen LogP contribution in [0.3, 0.4) is 0 Å². The van der Waals surface area contributed by atoms with Gasteiger partial charge >= 0.3 is 0 Å². The number of methoxy groups -OCH3 is 3. The first-order valence-corrected chi connectivity index (χ1v) is 9.51. The third-order valence-corrected chi connectivity index (χ3v) is 5.28. The molecule has 0 amide bonds. The summed E-state index contributed by atoms with van der Waals surface area (Å²) in [6, 6.07) is 7.82. The van der Waals surface area contributed by atoms with Crippen molar-refractivity contribution in [3.63, 3.8) is 0 Å². The number of fused-ring (bicyclic) bond motifs is 1. The number of ether oxygens (including phenoxy) is 3. The highest BCUT2D eigenvalue weighted by atomic mass is 32.1. The Bertz CT molecular complexity index is 1090. The summed E-state index contributed by atoms with van der Waals surface area (Å²) in [5.41, 5.74) is 2.29. The Morgan fingerprint density at radius 2 is 1.86 bits per heavy atom. The van der Waals surface area contributed by atoms with E-state index in [1.165, 1.54) is 4.88 Å². The van der Waals surface area contributed by atoms with Crippen LogP contribution >= 0.6 is 11.3 Å². The molecule has 0 unspecified atom stereocenters. The van der Waals surface area contributed by atoms with Crippen molar-refractivity contribution in [2.75, 3.05) is 26.6 Å². The minimum Gasteiger partial charge on any atom is -0.496 e. The number of nitrogens with zero attached hydrogens (tertiary/aromatic N) is 3. The smallest absolute Gasteiger partial charge is 0.164 e. The topological polar surface area (TPSA) is 69.9 Å². The average molecular weight is 396 g/mol. The van der Waals surface area contributed by atoms with Crippen molar-refractivity contribution in [2.45, 2.75) is 6.54 Å². The van der Waals surface area contributed by atoms with E-state index in [2.05, 4.69) is 21.7 Å². The van der Waals surface area contributed by atoms with E-state index < -0.39 is 0 Å². The molecular weight excluding hydrogens is 376 g/mol. The summed E-state index contributed by atoms with van der Waals surface area (Å²) < 4.78 is 18.5. The first-order chi connectivity index (χ1) is 13.7. The van der Waals surface area contributed by atoms with E-state index in [-0.39, 0.29) is 0 Å². The molecular formula is C20H20N4O3S. The molecule has 1 aromatic carbocycles. The number of aromatic nitrogens is 3. The average Bonchev–Trinajstić information content (AvgIpc) is 3.38. The molecule has 0 atom stereocenters. The summed E-state index contributed by atoms with van der Waals surface area (Å²) in [6.07, 6.45) is 5.35. The van der Waals surface area contributed by atoms with Crippen LogP contribution in [-0.4, -0.2) is 35.7 Å². The lowest BCUT2D eigenvalue weighted by atomic mass is 10.1. The van der Waals surface area contributed by atoms with Crippen LogP contribution < -0.4 is 19.5 Å². The van der Waals surface area contributed by atoms with Crippen molar-refractivity contribution < 1.29 is 14.2 Å². The lowest BCUT2D eigenvalue weighted by Gasteiger charge is -2.14. The molecule has 4 aromatic rings.